The van der Waals surface area contributed by atoms with Crippen molar-refractivity contribution >= 4 is 39.8 Å². The van der Waals surface area contributed by atoms with Crippen molar-refractivity contribution in [3.8, 4) is 0 Å². The molecule has 2 rings (SSSR count). The van der Waals surface area contributed by atoms with Crippen molar-refractivity contribution < 1.29 is 4.79 Å². The van der Waals surface area contributed by atoms with E-state index < -0.39 is 0 Å². The van der Waals surface area contributed by atoms with Crippen LogP contribution in [-0.4, -0.2) is 11.0 Å². The van der Waals surface area contributed by atoms with Crippen LogP contribution in [0, 0.1) is 5.92 Å². The predicted octanol–water partition coefficient (Wildman–Crippen LogP) is 4.10. The minimum atomic E-state index is -0.365. The third kappa shape index (κ3) is 4.42. The Balaban J connectivity index is 1.97. The quantitative estimate of drug-likeness (QED) is 0.792. The Morgan fingerprint density at radius 2 is 2.14 bits per heavy atom. The Morgan fingerprint density at radius 3 is 2.81 bits per heavy atom. The summed E-state index contributed by atoms with van der Waals surface area (Å²) in [6.07, 6.45) is 0. The van der Waals surface area contributed by atoms with Gasteiger partial charge in [-0.1, -0.05) is 31.5 Å². The number of rotatable bonds is 4. The molecule has 1 aromatic heterocycles. The number of amides is 2. The molecular weight excluding hydrogens is 308 g/mol. The van der Waals surface area contributed by atoms with E-state index in [1.54, 1.807) is 24.3 Å². The molecule has 2 amide bonds. The maximum absolute atomic E-state index is 11.9. The number of benzene rings is 1. The van der Waals surface area contributed by atoms with Gasteiger partial charge in [0.05, 0.1) is 11.7 Å². The summed E-state index contributed by atoms with van der Waals surface area (Å²) >= 11 is 7.21. The molecule has 0 saturated heterocycles. The van der Waals surface area contributed by atoms with E-state index in [2.05, 4.69) is 15.6 Å². The fourth-order valence-electron chi connectivity index (χ4n) is 1.66. The minimum absolute atomic E-state index is 0.132. The van der Waals surface area contributed by atoms with Gasteiger partial charge in [-0.05, 0) is 24.1 Å². The summed E-state index contributed by atoms with van der Waals surface area (Å²) in [5.74, 6) is 0.292. The van der Waals surface area contributed by atoms with E-state index in [4.69, 9.17) is 17.3 Å². The van der Waals surface area contributed by atoms with Crippen molar-refractivity contribution in [3.63, 3.8) is 0 Å². The lowest BCUT2D eigenvalue weighted by Crippen LogP contribution is -2.20. The van der Waals surface area contributed by atoms with Crippen LogP contribution in [0.2, 0.25) is 5.02 Å². The molecule has 2 aromatic rings. The normalized spacial score (nSPS) is 12.2. The number of carbonyl (C=O) groups is 1. The van der Waals surface area contributed by atoms with Crippen molar-refractivity contribution in [1.29, 1.82) is 0 Å². The first-order chi connectivity index (χ1) is 9.95. The van der Waals surface area contributed by atoms with Crippen LogP contribution >= 0.6 is 22.9 Å². The second-order valence-electron chi connectivity index (χ2n) is 4.94. The van der Waals surface area contributed by atoms with Gasteiger partial charge in [-0.3, -0.25) is 5.32 Å². The second-order valence-corrected chi connectivity index (χ2v) is 6.23. The van der Waals surface area contributed by atoms with Gasteiger partial charge in [0.15, 0.2) is 5.13 Å². The Morgan fingerprint density at radius 1 is 1.38 bits per heavy atom. The van der Waals surface area contributed by atoms with Crippen LogP contribution in [0.15, 0.2) is 29.6 Å². The summed E-state index contributed by atoms with van der Waals surface area (Å²) in [5.41, 5.74) is 7.43. The van der Waals surface area contributed by atoms with Gasteiger partial charge in [-0.15, -0.1) is 11.3 Å². The average molecular weight is 325 g/mol. The summed E-state index contributed by atoms with van der Waals surface area (Å²) in [4.78, 5) is 16.2. The molecule has 0 fully saturated rings. The highest BCUT2D eigenvalue weighted by Crippen LogP contribution is 2.24. The zero-order valence-electron chi connectivity index (χ0n) is 11.8. The van der Waals surface area contributed by atoms with Crippen LogP contribution in [0.4, 0.5) is 15.6 Å². The highest BCUT2D eigenvalue weighted by Gasteiger charge is 2.15. The number of anilines is 2. The molecule has 4 N–H and O–H groups in total. The Kier molecular flexibility index (Phi) is 5.17. The molecule has 1 atom stereocenters. The molecular formula is C14H17ClN4OS. The third-order valence-corrected chi connectivity index (χ3v) is 3.90. The number of aromatic nitrogens is 1. The third-order valence-electron chi connectivity index (χ3n) is 2.88. The minimum Gasteiger partial charge on any atom is -0.322 e. The van der Waals surface area contributed by atoms with Crippen molar-refractivity contribution in [2.75, 3.05) is 10.6 Å². The molecule has 5 nitrogen and oxygen atoms in total. The van der Waals surface area contributed by atoms with E-state index in [0.717, 1.165) is 5.69 Å². The molecule has 0 bridgehead atoms. The van der Waals surface area contributed by atoms with Crippen LogP contribution in [-0.2, 0) is 0 Å². The van der Waals surface area contributed by atoms with E-state index in [-0.39, 0.29) is 12.1 Å². The van der Waals surface area contributed by atoms with Crippen LogP contribution in [0.3, 0.4) is 0 Å². The van der Waals surface area contributed by atoms with Gasteiger partial charge in [0, 0.05) is 16.1 Å². The van der Waals surface area contributed by atoms with Gasteiger partial charge in [0.1, 0.15) is 0 Å². The van der Waals surface area contributed by atoms with Gasteiger partial charge >= 0.3 is 6.03 Å². The molecule has 0 aliphatic carbocycles. The maximum atomic E-state index is 11.9. The van der Waals surface area contributed by atoms with Gasteiger partial charge in [-0.25, -0.2) is 9.78 Å². The van der Waals surface area contributed by atoms with E-state index in [9.17, 15) is 4.79 Å². The van der Waals surface area contributed by atoms with Crippen LogP contribution < -0.4 is 16.4 Å². The van der Waals surface area contributed by atoms with Crippen LogP contribution in [0.5, 0.6) is 0 Å². The highest BCUT2D eigenvalue weighted by molar-refractivity contribution is 7.13. The number of hydrogen-bond donors (Lipinski definition) is 3. The first-order valence-corrected chi connectivity index (χ1v) is 7.76. The molecule has 112 valence electrons. The number of urea groups is 1. The number of nitrogens with one attached hydrogen (secondary N) is 2. The second kappa shape index (κ2) is 6.89. The summed E-state index contributed by atoms with van der Waals surface area (Å²) in [7, 11) is 0. The number of thiazole rings is 1. The lowest BCUT2D eigenvalue weighted by atomic mass is 10.0. The summed E-state index contributed by atoms with van der Waals surface area (Å²) in [6.45, 7) is 4.06. The van der Waals surface area contributed by atoms with Gasteiger partial charge in [-0.2, -0.15) is 0 Å². The zero-order chi connectivity index (χ0) is 15.4. The topological polar surface area (TPSA) is 80.0 Å². The standard InChI is InChI=1S/C14H17ClN4OS/c1-8(2)12(16)11-7-21-14(18-11)19-13(20)17-10-5-3-4-9(15)6-10/h3-8,12H,16H2,1-2H3,(H2,17,18,19,20). The van der Waals surface area contributed by atoms with Crippen molar-refractivity contribution in [3.05, 3.63) is 40.4 Å². The van der Waals surface area contributed by atoms with E-state index in [0.29, 0.717) is 21.8 Å². The van der Waals surface area contributed by atoms with Crippen molar-refractivity contribution in [2.45, 2.75) is 19.9 Å². The Labute approximate surface area is 132 Å². The molecule has 0 saturated carbocycles. The fraction of sp³-hybridized carbons (Fsp3) is 0.286. The number of carbonyl (C=O) groups excluding carboxylic acids is 1. The molecule has 0 aliphatic rings. The van der Waals surface area contributed by atoms with Gasteiger partial charge < -0.3 is 11.1 Å². The number of hydrogen-bond acceptors (Lipinski definition) is 4. The molecule has 1 aromatic carbocycles. The van der Waals surface area contributed by atoms with Crippen molar-refractivity contribution in [1.82, 2.24) is 4.98 Å². The first kappa shape index (κ1) is 15.8. The summed E-state index contributed by atoms with van der Waals surface area (Å²) < 4.78 is 0. The summed E-state index contributed by atoms with van der Waals surface area (Å²) in [6, 6.07) is 6.44. The highest BCUT2D eigenvalue weighted by atomic mass is 35.5. The van der Waals surface area contributed by atoms with Gasteiger partial charge in [0.25, 0.3) is 0 Å². The molecule has 1 unspecified atom stereocenters. The SMILES string of the molecule is CC(C)C(N)c1csc(NC(=O)Nc2cccc(Cl)c2)n1. The lowest BCUT2D eigenvalue weighted by Gasteiger charge is -2.12. The fourth-order valence-corrected chi connectivity index (χ4v) is 2.61. The largest absolute Gasteiger partial charge is 0.325 e. The molecule has 0 aliphatic heterocycles. The summed E-state index contributed by atoms with van der Waals surface area (Å²) in [5, 5.41) is 8.31. The smallest absolute Gasteiger partial charge is 0.322 e. The monoisotopic (exact) mass is 324 g/mol. The molecule has 21 heavy (non-hydrogen) atoms. The van der Waals surface area contributed by atoms with Crippen molar-refractivity contribution in [2.24, 2.45) is 11.7 Å². The van der Waals surface area contributed by atoms with E-state index >= 15 is 0 Å². The first-order valence-electron chi connectivity index (χ1n) is 6.50. The molecule has 0 radical (unpaired) electrons. The van der Waals surface area contributed by atoms with Crippen LogP contribution in [0.25, 0.3) is 0 Å². The van der Waals surface area contributed by atoms with Crippen LogP contribution in [0.1, 0.15) is 25.6 Å². The number of nitrogens with zero attached hydrogens (tertiary/aromatic N) is 1. The molecule has 0 spiro atoms. The average Bonchev–Trinajstić information content (AvgIpc) is 2.85. The number of nitrogens with two attached hydrogens (primary N) is 1. The molecule has 1 heterocycles. The molecule has 7 heteroatoms. The predicted molar refractivity (Wildman–Crippen MR) is 88.0 cm³/mol. The van der Waals surface area contributed by atoms with E-state index in [1.807, 2.05) is 19.2 Å². The lowest BCUT2D eigenvalue weighted by molar-refractivity contribution is 0.262. The van der Waals surface area contributed by atoms with Gasteiger partial charge in [0.2, 0.25) is 0 Å². The maximum Gasteiger partial charge on any atom is 0.325 e. The zero-order valence-corrected chi connectivity index (χ0v) is 13.3. The van der Waals surface area contributed by atoms with E-state index in [1.165, 1.54) is 11.3 Å². The number of halogens is 1. The Bertz CT molecular complexity index is 629. The Hall–Kier alpha value is -1.63.